The van der Waals surface area contributed by atoms with E-state index in [0.29, 0.717) is 19.4 Å². The average molecular weight is 351 g/mol. The Labute approximate surface area is 132 Å². The molecule has 0 bridgehead atoms. The van der Waals surface area contributed by atoms with Crippen molar-refractivity contribution in [1.29, 1.82) is 0 Å². The van der Waals surface area contributed by atoms with Crippen LogP contribution >= 0.6 is 0 Å². The van der Waals surface area contributed by atoms with E-state index in [0.717, 1.165) is 6.07 Å². The zero-order valence-corrected chi connectivity index (χ0v) is 13.2. The van der Waals surface area contributed by atoms with Gasteiger partial charge in [-0.05, 0) is 25.0 Å². The molecule has 0 N–H and O–H groups in total. The second-order valence-corrected chi connectivity index (χ2v) is 7.13. The van der Waals surface area contributed by atoms with Crippen LogP contribution in [0.3, 0.4) is 0 Å². The molecule has 5 nitrogen and oxygen atoms in total. The van der Waals surface area contributed by atoms with Crippen molar-refractivity contribution in [2.24, 2.45) is 5.92 Å². The summed E-state index contributed by atoms with van der Waals surface area (Å²) in [5.74, 6) is -0.943. The number of carbonyl (C=O) groups excluding carboxylic acids is 1. The molecular weight excluding hydrogens is 335 g/mol. The average Bonchev–Trinajstić information content (AvgIpc) is 2.53. The van der Waals surface area contributed by atoms with E-state index in [-0.39, 0.29) is 12.2 Å². The summed E-state index contributed by atoms with van der Waals surface area (Å²) in [4.78, 5) is 12.3. The first-order valence-corrected chi connectivity index (χ1v) is 8.40. The van der Waals surface area contributed by atoms with Gasteiger partial charge in [0.05, 0.1) is 23.6 Å². The lowest BCUT2D eigenvalue weighted by Crippen LogP contribution is -2.40. The van der Waals surface area contributed by atoms with Gasteiger partial charge in [0, 0.05) is 13.1 Å². The molecule has 1 atom stereocenters. The van der Waals surface area contributed by atoms with Crippen molar-refractivity contribution in [1.82, 2.24) is 0 Å². The van der Waals surface area contributed by atoms with Crippen molar-refractivity contribution in [3.05, 3.63) is 24.3 Å². The van der Waals surface area contributed by atoms with E-state index in [1.54, 1.807) is 0 Å². The van der Waals surface area contributed by atoms with Crippen LogP contribution in [0.15, 0.2) is 29.2 Å². The molecule has 1 fully saturated rings. The van der Waals surface area contributed by atoms with Gasteiger partial charge in [0.2, 0.25) is 0 Å². The zero-order chi connectivity index (χ0) is 17.3. The van der Waals surface area contributed by atoms with E-state index in [2.05, 4.69) is 4.74 Å². The van der Waals surface area contributed by atoms with Gasteiger partial charge in [-0.1, -0.05) is 12.1 Å². The summed E-state index contributed by atoms with van der Waals surface area (Å²) in [5, 5.41) is 0. The van der Waals surface area contributed by atoms with Gasteiger partial charge in [-0.15, -0.1) is 0 Å². The van der Waals surface area contributed by atoms with Gasteiger partial charge in [0.1, 0.15) is 0 Å². The first-order valence-electron chi connectivity index (χ1n) is 6.91. The predicted molar refractivity (Wildman–Crippen MR) is 76.6 cm³/mol. The lowest BCUT2D eigenvalue weighted by atomic mass is 9.98. The number of sulfone groups is 1. The van der Waals surface area contributed by atoms with Gasteiger partial charge in [0.25, 0.3) is 9.84 Å². The van der Waals surface area contributed by atoms with Crippen LogP contribution in [-0.4, -0.2) is 40.1 Å². The zero-order valence-electron chi connectivity index (χ0n) is 12.3. The van der Waals surface area contributed by atoms with E-state index < -0.39 is 32.1 Å². The molecule has 0 saturated carbocycles. The van der Waals surface area contributed by atoms with Crippen molar-refractivity contribution < 1.29 is 31.1 Å². The highest BCUT2D eigenvalue weighted by Crippen LogP contribution is 2.37. The number of rotatable bonds is 3. The summed E-state index contributed by atoms with van der Waals surface area (Å²) >= 11 is 0. The quantitative estimate of drug-likeness (QED) is 0.783. The number of methoxy groups -OCH3 is 1. The Morgan fingerprint density at radius 1 is 1.30 bits per heavy atom. The van der Waals surface area contributed by atoms with Crippen LogP contribution in [0, 0.1) is 5.92 Å². The SMILES string of the molecule is COC(=O)[C@H]1CCCN(c2ccccc2S(=O)(=O)C(F)(F)F)C1. The molecule has 0 radical (unpaired) electrons. The number of alkyl halides is 3. The smallest absolute Gasteiger partial charge is 0.469 e. The summed E-state index contributed by atoms with van der Waals surface area (Å²) in [5.41, 5.74) is -5.42. The van der Waals surface area contributed by atoms with Crippen molar-refractivity contribution in [3.8, 4) is 0 Å². The molecule has 0 aliphatic carbocycles. The first-order chi connectivity index (χ1) is 10.7. The van der Waals surface area contributed by atoms with Crippen LogP contribution in [0.1, 0.15) is 12.8 Å². The third-order valence-electron chi connectivity index (χ3n) is 3.76. The van der Waals surface area contributed by atoms with Crippen LogP contribution < -0.4 is 4.90 Å². The molecule has 0 aromatic heterocycles. The number of esters is 1. The molecule has 1 aromatic rings. The number of carbonyl (C=O) groups is 1. The van der Waals surface area contributed by atoms with Crippen LogP contribution in [0.2, 0.25) is 0 Å². The molecule has 0 spiro atoms. The molecule has 2 rings (SSSR count). The topological polar surface area (TPSA) is 63.7 Å². The highest BCUT2D eigenvalue weighted by molar-refractivity contribution is 7.92. The third-order valence-corrected chi connectivity index (χ3v) is 5.29. The van der Waals surface area contributed by atoms with Crippen molar-refractivity contribution in [3.63, 3.8) is 0 Å². The van der Waals surface area contributed by atoms with Crippen LogP contribution in [0.25, 0.3) is 0 Å². The number of nitrogens with zero attached hydrogens (tertiary/aromatic N) is 1. The highest BCUT2D eigenvalue weighted by Gasteiger charge is 2.48. The monoisotopic (exact) mass is 351 g/mol. The Morgan fingerprint density at radius 2 is 1.96 bits per heavy atom. The van der Waals surface area contributed by atoms with Crippen molar-refractivity contribution >= 4 is 21.5 Å². The Kier molecular flexibility index (Phi) is 4.88. The summed E-state index contributed by atoms with van der Waals surface area (Å²) in [6.45, 7) is 0.495. The van der Waals surface area contributed by atoms with Gasteiger partial charge in [-0.3, -0.25) is 4.79 Å². The molecule has 0 amide bonds. The van der Waals surface area contributed by atoms with Gasteiger partial charge in [-0.25, -0.2) is 8.42 Å². The van der Waals surface area contributed by atoms with Crippen LogP contribution in [0.5, 0.6) is 0 Å². The third kappa shape index (κ3) is 3.44. The second-order valence-electron chi connectivity index (χ2n) is 5.23. The fourth-order valence-corrected chi connectivity index (χ4v) is 3.60. The second kappa shape index (κ2) is 6.38. The minimum atomic E-state index is -5.46. The molecule has 128 valence electrons. The van der Waals surface area contributed by atoms with E-state index >= 15 is 0 Å². The number of ether oxygens (including phenoxy) is 1. The summed E-state index contributed by atoms with van der Waals surface area (Å²) in [6.07, 6.45) is 1.11. The minimum Gasteiger partial charge on any atom is -0.469 e. The molecule has 1 aliphatic heterocycles. The fraction of sp³-hybridized carbons (Fsp3) is 0.500. The molecule has 0 unspecified atom stereocenters. The molecule has 9 heteroatoms. The normalized spacial score (nSPS) is 19.5. The summed E-state index contributed by atoms with van der Waals surface area (Å²) in [7, 11) is -4.22. The Bertz CT molecular complexity index is 688. The Balaban J connectivity index is 2.40. The predicted octanol–water partition coefficient (Wildman–Crippen LogP) is 2.37. The maximum atomic E-state index is 12.8. The van der Waals surface area contributed by atoms with Gasteiger partial charge in [0.15, 0.2) is 0 Å². The lowest BCUT2D eigenvalue weighted by molar-refractivity contribution is -0.145. The van der Waals surface area contributed by atoms with Gasteiger partial charge >= 0.3 is 11.5 Å². The Morgan fingerprint density at radius 3 is 2.57 bits per heavy atom. The molecule has 1 heterocycles. The van der Waals surface area contributed by atoms with Crippen LogP contribution in [0.4, 0.5) is 18.9 Å². The maximum absolute atomic E-state index is 12.8. The van der Waals surface area contributed by atoms with Gasteiger partial charge < -0.3 is 9.64 Å². The van der Waals surface area contributed by atoms with E-state index in [1.165, 1.54) is 30.2 Å². The molecular formula is C14H16F3NO4S. The van der Waals surface area contributed by atoms with Crippen LogP contribution in [-0.2, 0) is 19.4 Å². The molecule has 1 saturated heterocycles. The van der Waals surface area contributed by atoms with E-state index in [9.17, 15) is 26.4 Å². The summed E-state index contributed by atoms with van der Waals surface area (Å²) in [6, 6.07) is 4.95. The highest BCUT2D eigenvalue weighted by atomic mass is 32.2. The van der Waals surface area contributed by atoms with Gasteiger partial charge in [-0.2, -0.15) is 13.2 Å². The minimum absolute atomic E-state index is 0.0431. The fourth-order valence-electron chi connectivity index (χ4n) is 2.63. The standard InChI is InChI=1S/C14H16F3NO4S/c1-22-13(19)10-5-4-8-18(9-10)11-6-2-3-7-12(11)23(20,21)14(15,16)17/h2-3,6-7,10H,4-5,8-9H2,1H3/t10-/m0/s1. The number of anilines is 1. The van der Waals surface area contributed by atoms with Crippen molar-refractivity contribution in [2.75, 3.05) is 25.1 Å². The number of benzene rings is 1. The van der Waals surface area contributed by atoms with E-state index in [4.69, 9.17) is 0 Å². The molecule has 1 aliphatic rings. The van der Waals surface area contributed by atoms with Crippen molar-refractivity contribution in [2.45, 2.75) is 23.2 Å². The maximum Gasteiger partial charge on any atom is 0.501 e. The number of piperidine rings is 1. The number of halogens is 3. The molecule has 1 aromatic carbocycles. The number of hydrogen-bond donors (Lipinski definition) is 0. The number of para-hydroxylation sites is 1. The lowest BCUT2D eigenvalue weighted by Gasteiger charge is -2.34. The number of hydrogen-bond acceptors (Lipinski definition) is 5. The van der Waals surface area contributed by atoms with E-state index in [1.807, 2.05) is 0 Å². The molecule has 23 heavy (non-hydrogen) atoms. The largest absolute Gasteiger partial charge is 0.501 e. The Hall–Kier alpha value is -1.77. The first kappa shape index (κ1) is 17.6. The summed E-state index contributed by atoms with van der Waals surface area (Å²) < 4.78 is 66.7.